The number of rotatable bonds is 6. The fraction of sp³-hybridized carbons (Fsp3) is 0.200. The van der Waals surface area contributed by atoms with E-state index in [4.69, 9.17) is 4.74 Å². The number of para-hydroxylation sites is 1. The van der Waals surface area contributed by atoms with Gasteiger partial charge in [0.25, 0.3) is 5.91 Å². The molecule has 0 unspecified atom stereocenters. The van der Waals surface area contributed by atoms with Gasteiger partial charge in [0.15, 0.2) is 6.61 Å². The molecule has 8 nitrogen and oxygen atoms in total. The number of aromatic nitrogens is 1. The maximum Gasteiger partial charge on any atom is 0.355 e. The first-order chi connectivity index (χ1) is 13.7. The second kappa shape index (κ2) is 8.06. The first-order valence-corrected chi connectivity index (χ1v) is 10.2. The minimum atomic E-state index is -3.63. The number of carbonyl (C=O) groups is 2. The molecule has 0 saturated carbocycles. The van der Waals surface area contributed by atoms with Gasteiger partial charge in [-0.15, -0.1) is 0 Å². The van der Waals surface area contributed by atoms with Crippen LogP contribution in [0.4, 0.5) is 5.69 Å². The summed E-state index contributed by atoms with van der Waals surface area (Å²) in [4.78, 5) is 27.4. The largest absolute Gasteiger partial charge is 0.451 e. The predicted molar refractivity (Wildman–Crippen MR) is 109 cm³/mol. The summed E-state index contributed by atoms with van der Waals surface area (Å²) < 4.78 is 30.7. The van der Waals surface area contributed by atoms with Crippen LogP contribution in [-0.2, 0) is 19.6 Å². The van der Waals surface area contributed by atoms with Crippen LogP contribution >= 0.6 is 0 Å². The maximum absolute atomic E-state index is 12.3. The van der Waals surface area contributed by atoms with Gasteiger partial charge in [0.2, 0.25) is 10.0 Å². The van der Waals surface area contributed by atoms with Crippen molar-refractivity contribution in [1.82, 2.24) is 9.29 Å². The minimum Gasteiger partial charge on any atom is -0.451 e. The van der Waals surface area contributed by atoms with E-state index in [0.717, 1.165) is 15.2 Å². The molecule has 3 rings (SSSR count). The van der Waals surface area contributed by atoms with Crippen molar-refractivity contribution in [2.45, 2.75) is 11.8 Å². The van der Waals surface area contributed by atoms with Crippen LogP contribution in [0, 0.1) is 6.92 Å². The monoisotopic (exact) mass is 415 g/mol. The van der Waals surface area contributed by atoms with Gasteiger partial charge in [0.1, 0.15) is 5.69 Å². The second-order valence-electron chi connectivity index (χ2n) is 6.66. The number of aromatic amines is 1. The molecule has 3 aromatic rings. The highest BCUT2D eigenvalue weighted by Gasteiger charge is 2.19. The van der Waals surface area contributed by atoms with E-state index in [1.54, 1.807) is 19.1 Å². The number of carbonyl (C=O) groups excluding carboxylic acids is 2. The third-order valence-corrected chi connectivity index (χ3v) is 6.16. The van der Waals surface area contributed by atoms with Gasteiger partial charge in [0.05, 0.1) is 4.90 Å². The molecule has 0 bridgehead atoms. The van der Waals surface area contributed by atoms with Crippen molar-refractivity contribution in [3.05, 3.63) is 59.8 Å². The number of hydrogen-bond acceptors (Lipinski definition) is 5. The SMILES string of the molecule is Cc1ccc(S(=O)(=O)N(C)C)cc1NC(=O)COC(=O)c1cc2ccccc2[nH]1. The molecule has 0 atom stereocenters. The number of sulfonamides is 1. The summed E-state index contributed by atoms with van der Waals surface area (Å²) in [6.07, 6.45) is 0. The van der Waals surface area contributed by atoms with Gasteiger partial charge in [-0.3, -0.25) is 4.79 Å². The Hall–Kier alpha value is -3.17. The lowest BCUT2D eigenvalue weighted by molar-refractivity contribution is -0.119. The summed E-state index contributed by atoms with van der Waals surface area (Å²) in [5, 5.41) is 3.45. The quantitative estimate of drug-likeness (QED) is 0.602. The zero-order valence-corrected chi connectivity index (χ0v) is 17.0. The Morgan fingerprint density at radius 3 is 2.52 bits per heavy atom. The predicted octanol–water partition coefficient (Wildman–Crippen LogP) is 2.52. The first-order valence-electron chi connectivity index (χ1n) is 8.76. The number of aryl methyl sites for hydroxylation is 1. The van der Waals surface area contributed by atoms with E-state index < -0.39 is 28.5 Å². The highest BCUT2D eigenvalue weighted by molar-refractivity contribution is 7.89. The average Bonchev–Trinajstić information content (AvgIpc) is 3.12. The number of esters is 1. The number of benzene rings is 2. The van der Waals surface area contributed by atoms with Crippen molar-refractivity contribution >= 4 is 38.5 Å². The Kier molecular flexibility index (Phi) is 5.71. The molecule has 0 aliphatic carbocycles. The van der Waals surface area contributed by atoms with E-state index >= 15 is 0 Å². The van der Waals surface area contributed by atoms with Crippen LogP contribution in [0.15, 0.2) is 53.4 Å². The Labute approximate surface area is 168 Å². The molecule has 1 aromatic heterocycles. The molecule has 0 aliphatic heterocycles. The van der Waals surface area contributed by atoms with Crippen LogP contribution in [0.3, 0.4) is 0 Å². The molecule has 9 heteroatoms. The van der Waals surface area contributed by atoms with Crippen LogP contribution in [0.1, 0.15) is 16.1 Å². The molecule has 0 aliphatic rings. The van der Waals surface area contributed by atoms with Crippen molar-refractivity contribution in [2.24, 2.45) is 0 Å². The third-order valence-electron chi connectivity index (χ3n) is 4.35. The normalized spacial score (nSPS) is 11.6. The average molecular weight is 415 g/mol. The molecule has 0 saturated heterocycles. The summed E-state index contributed by atoms with van der Waals surface area (Å²) in [6, 6.07) is 13.5. The van der Waals surface area contributed by atoms with Gasteiger partial charge in [0, 0.05) is 30.7 Å². The molecule has 0 radical (unpaired) electrons. The fourth-order valence-electron chi connectivity index (χ4n) is 2.69. The molecule has 0 spiro atoms. The zero-order valence-electron chi connectivity index (χ0n) is 16.2. The van der Waals surface area contributed by atoms with Crippen LogP contribution in [0.5, 0.6) is 0 Å². The topological polar surface area (TPSA) is 109 Å². The Balaban J connectivity index is 1.67. The van der Waals surface area contributed by atoms with Gasteiger partial charge >= 0.3 is 5.97 Å². The lowest BCUT2D eigenvalue weighted by atomic mass is 10.2. The number of anilines is 1. The molecule has 0 fully saturated rings. The standard InChI is InChI=1S/C20H21N3O5S/c1-13-8-9-15(29(26,27)23(2)3)11-17(13)22-19(24)12-28-20(25)18-10-14-6-4-5-7-16(14)21-18/h4-11,21H,12H2,1-3H3,(H,22,24). The molecule has 1 amide bonds. The number of nitrogens with zero attached hydrogens (tertiary/aromatic N) is 1. The zero-order chi connectivity index (χ0) is 21.2. The molecule has 1 heterocycles. The van der Waals surface area contributed by atoms with E-state index in [2.05, 4.69) is 10.3 Å². The lowest BCUT2D eigenvalue weighted by Gasteiger charge is -2.14. The number of ether oxygens (including phenoxy) is 1. The van der Waals surface area contributed by atoms with Crippen molar-refractivity contribution in [3.63, 3.8) is 0 Å². The number of amides is 1. The second-order valence-corrected chi connectivity index (χ2v) is 8.81. The first kappa shape index (κ1) is 20.6. The van der Waals surface area contributed by atoms with E-state index in [1.165, 1.54) is 26.2 Å². The minimum absolute atomic E-state index is 0.0541. The highest BCUT2D eigenvalue weighted by atomic mass is 32.2. The lowest BCUT2D eigenvalue weighted by Crippen LogP contribution is -2.23. The van der Waals surface area contributed by atoms with E-state index in [1.807, 2.05) is 24.3 Å². The van der Waals surface area contributed by atoms with Gasteiger partial charge in [-0.05, 0) is 36.8 Å². The summed E-state index contributed by atoms with van der Waals surface area (Å²) in [7, 11) is -0.779. The molecule has 29 heavy (non-hydrogen) atoms. The highest BCUT2D eigenvalue weighted by Crippen LogP contribution is 2.22. The van der Waals surface area contributed by atoms with Crippen molar-refractivity contribution in [3.8, 4) is 0 Å². The Morgan fingerprint density at radius 1 is 1.10 bits per heavy atom. The van der Waals surface area contributed by atoms with Gasteiger partial charge in [-0.25, -0.2) is 17.5 Å². The third kappa shape index (κ3) is 4.47. The van der Waals surface area contributed by atoms with E-state index in [0.29, 0.717) is 11.3 Å². The Bertz CT molecular complexity index is 1150. The van der Waals surface area contributed by atoms with Crippen LogP contribution in [0.2, 0.25) is 0 Å². The molecular weight excluding hydrogens is 394 g/mol. The summed E-state index contributed by atoms with van der Waals surface area (Å²) in [5.74, 6) is -1.23. The van der Waals surface area contributed by atoms with E-state index in [-0.39, 0.29) is 10.6 Å². The molecule has 2 N–H and O–H groups in total. The molecular formula is C20H21N3O5S. The van der Waals surface area contributed by atoms with Gasteiger partial charge in [-0.1, -0.05) is 24.3 Å². The Morgan fingerprint density at radius 2 is 1.83 bits per heavy atom. The van der Waals surface area contributed by atoms with Crippen LogP contribution in [-0.4, -0.2) is 50.3 Å². The van der Waals surface area contributed by atoms with Crippen LogP contribution in [0.25, 0.3) is 10.9 Å². The van der Waals surface area contributed by atoms with E-state index in [9.17, 15) is 18.0 Å². The smallest absolute Gasteiger partial charge is 0.355 e. The summed E-state index contributed by atoms with van der Waals surface area (Å²) in [5.41, 5.74) is 2.05. The number of nitrogens with one attached hydrogen (secondary N) is 2. The summed E-state index contributed by atoms with van der Waals surface area (Å²) >= 11 is 0. The van der Waals surface area contributed by atoms with Crippen molar-refractivity contribution in [1.29, 1.82) is 0 Å². The maximum atomic E-state index is 12.3. The fourth-order valence-corrected chi connectivity index (χ4v) is 3.61. The molecule has 2 aromatic carbocycles. The number of H-pyrrole nitrogens is 1. The van der Waals surface area contributed by atoms with Crippen molar-refractivity contribution in [2.75, 3.05) is 26.0 Å². The number of hydrogen-bond donors (Lipinski definition) is 2. The number of fused-ring (bicyclic) bond motifs is 1. The van der Waals surface area contributed by atoms with Crippen molar-refractivity contribution < 1.29 is 22.7 Å². The summed E-state index contributed by atoms with van der Waals surface area (Å²) in [6.45, 7) is 1.23. The molecule has 152 valence electrons. The van der Waals surface area contributed by atoms with Crippen LogP contribution < -0.4 is 5.32 Å². The van der Waals surface area contributed by atoms with Gasteiger partial charge in [-0.2, -0.15) is 0 Å². The van der Waals surface area contributed by atoms with Gasteiger partial charge < -0.3 is 15.0 Å².